The van der Waals surface area contributed by atoms with E-state index in [0.717, 1.165) is 54.4 Å². The average Bonchev–Trinajstić information content (AvgIpc) is 3.28. The number of amides is 4. The summed E-state index contributed by atoms with van der Waals surface area (Å²) in [5.74, 6) is -1.50. The summed E-state index contributed by atoms with van der Waals surface area (Å²) < 4.78 is 10.8. The molecule has 0 heterocycles. The zero-order valence-electron chi connectivity index (χ0n) is 25.1. The van der Waals surface area contributed by atoms with Crippen molar-refractivity contribution in [2.24, 2.45) is 0 Å². The van der Waals surface area contributed by atoms with E-state index in [2.05, 4.69) is 16.0 Å². The van der Waals surface area contributed by atoms with Crippen LogP contribution in [0.5, 0.6) is 0 Å². The SMILES string of the molecule is CC(C)(C)OC(=O)NCCN(C[C@H](NC(=O)OCC1c2ccccc2-c2ccccc21)C(=O)O)C(=O)NC1CCCCC1. The fourth-order valence-electron chi connectivity index (χ4n) is 5.58. The largest absolute Gasteiger partial charge is 0.480 e. The number of alkyl carbamates (subject to hydrolysis) is 2. The molecule has 0 bridgehead atoms. The molecule has 0 aromatic heterocycles. The number of carbonyl (C=O) groups is 4. The van der Waals surface area contributed by atoms with Gasteiger partial charge in [-0.05, 0) is 55.9 Å². The maximum absolute atomic E-state index is 13.2. The van der Waals surface area contributed by atoms with Crippen LogP contribution in [0.3, 0.4) is 0 Å². The zero-order chi connectivity index (χ0) is 31.0. The summed E-state index contributed by atoms with van der Waals surface area (Å²) in [6.07, 6.45) is 3.27. The van der Waals surface area contributed by atoms with Crippen molar-refractivity contribution in [2.45, 2.75) is 76.5 Å². The van der Waals surface area contributed by atoms with E-state index in [1.54, 1.807) is 20.8 Å². The van der Waals surface area contributed by atoms with Crippen LogP contribution in [0, 0.1) is 0 Å². The Bertz CT molecular complexity index is 1260. The topological polar surface area (TPSA) is 146 Å². The van der Waals surface area contributed by atoms with E-state index in [9.17, 15) is 24.3 Å². The molecule has 43 heavy (non-hydrogen) atoms. The summed E-state index contributed by atoms with van der Waals surface area (Å²) in [5, 5.41) is 17.9. The summed E-state index contributed by atoms with van der Waals surface area (Å²) in [7, 11) is 0. The first-order chi connectivity index (χ1) is 20.5. The Balaban J connectivity index is 1.38. The van der Waals surface area contributed by atoms with E-state index in [-0.39, 0.29) is 38.2 Å². The number of rotatable bonds is 10. The van der Waals surface area contributed by atoms with Gasteiger partial charge in [0, 0.05) is 25.0 Å². The lowest BCUT2D eigenvalue weighted by Crippen LogP contribution is -2.55. The van der Waals surface area contributed by atoms with E-state index >= 15 is 0 Å². The van der Waals surface area contributed by atoms with Gasteiger partial charge in [0.25, 0.3) is 0 Å². The molecule has 2 aliphatic rings. The van der Waals surface area contributed by atoms with E-state index < -0.39 is 35.8 Å². The third-order valence-corrected chi connectivity index (χ3v) is 7.61. The lowest BCUT2D eigenvalue weighted by atomic mass is 9.96. The van der Waals surface area contributed by atoms with Crippen molar-refractivity contribution in [3.63, 3.8) is 0 Å². The second kappa shape index (κ2) is 14.3. The van der Waals surface area contributed by atoms with Crippen LogP contribution in [0.2, 0.25) is 0 Å². The van der Waals surface area contributed by atoms with Crippen LogP contribution in [-0.2, 0) is 14.3 Å². The van der Waals surface area contributed by atoms with Gasteiger partial charge in [-0.1, -0.05) is 67.8 Å². The highest BCUT2D eigenvalue weighted by Crippen LogP contribution is 2.44. The van der Waals surface area contributed by atoms with Crippen LogP contribution < -0.4 is 16.0 Å². The van der Waals surface area contributed by atoms with Crippen molar-refractivity contribution in [2.75, 3.05) is 26.2 Å². The van der Waals surface area contributed by atoms with Crippen molar-refractivity contribution < 1.29 is 33.8 Å². The molecule has 1 fully saturated rings. The molecule has 2 aliphatic carbocycles. The van der Waals surface area contributed by atoms with E-state index in [1.807, 2.05) is 48.5 Å². The van der Waals surface area contributed by atoms with E-state index in [1.165, 1.54) is 4.90 Å². The molecule has 4 N–H and O–H groups in total. The van der Waals surface area contributed by atoms with Gasteiger partial charge in [0.15, 0.2) is 0 Å². The van der Waals surface area contributed by atoms with Gasteiger partial charge in [-0.15, -0.1) is 0 Å². The summed E-state index contributed by atoms with van der Waals surface area (Å²) in [5.41, 5.74) is 3.54. The minimum Gasteiger partial charge on any atom is -0.480 e. The number of aliphatic carboxylic acids is 1. The molecule has 4 rings (SSSR count). The first kappa shape index (κ1) is 31.7. The zero-order valence-corrected chi connectivity index (χ0v) is 25.1. The summed E-state index contributed by atoms with van der Waals surface area (Å²) in [6, 6.07) is 13.9. The number of ether oxygens (including phenoxy) is 2. The molecule has 0 unspecified atom stereocenters. The summed E-state index contributed by atoms with van der Waals surface area (Å²) >= 11 is 0. The molecule has 2 aromatic rings. The standard InChI is InChI=1S/C32H42N4O7/c1-32(2,3)43-30(40)33-17-18-36(29(39)34-21-11-5-4-6-12-21)19-27(28(37)38)35-31(41)42-20-26-24-15-9-7-13-22(24)23-14-8-10-16-25(23)26/h7-10,13-16,21,26-27H,4-6,11-12,17-20H2,1-3H3,(H,33,40)(H,34,39)(H,35,41)(H,37,38)/t27-/m0/s1. The minimum absolute atomic E-state index is 0.00788. The molecule has 11 heteroatoms. The van der Waals surface area contributed by atoms with Crippen LogP contribution >= 0.6 is 0 Å². The Morgan fingerprint density at radius 2 is 1.53 bits per heavy atom. The van der Waals surface area contributed by atoms with Gasteiger partial charge in [0.2, 0.25) is 0 Å². The number of urea groups is 1. The molecule has 2 aromatic carbocycles. The fraction of sp³-hybridized carbons (Fsp3) is 0.500. The number of hydrogen-bond donors (Lipinski definition) is 4. The van der Waals surface area contributed by atoms with E-state index in [4.69, 9.17) is 9.47 Å². The molecule has 1 atom stereocenters. The van der Waals surface area contributed by atoms with Crippen LogP contribution in [0.25, 0.3) is 11.1 Å². The quantitative estimate of drug-likeness (QED) is 0.308. The second-order valence-corrected chi connectivity index (χ2v) is 12.0. The Kier molecular flexibility index (Phi) is 10.5. The number of benzene rings is 2. The van der Waals surface area contributed by atoms with Crippen LogP contribution in [0.15, 0.2) is 48.5 Å². The number of carbonyl (C=O) groups excluding carboxylic acids is 3. The van der Waals surface area contributed by atoms with Crippen LogP contribution in [0.4, 0.5) is 14.4 Å². The smallest absolute Gasteiger partial charge is 0.407 e. The predicted molar refractivity (Wildman–Crippen MR) is 161 cm³/mol. The average molecular weight is 595 g/mol. The van der Waals surface area contributed by atoms with Gasteiger partial charge in [-0.25, -0.2) is 19.2 Å². The first-order valence-corrected chi connectivity index (χ1v) is 14.9. The number of carboxylic acids is 1. The molecule has 0 spiro atoms. The number of carboxylic acid groups (broad SMARTS) is 1. The Labute approximate surface area is 252 Å². The normalized spacial score (nSPS) is 15.4. The number of nitrogens with zero attached hydrogens (tertiary/aromatic N) is 1. The number of fused-ring (bicyclic) bond motifs is 3. The molecule has 232 valence electrons. The molecule has 0 aliphatic heterocycles. The molecule has 4 amide bonds. The molecular weight excluding hydrogens is 552 g/mol. The lowest BCUT2D eigenvalue weighted by molar-refractivity contribution is -0.139. The molecule has 1 saturated carbocycles. The molecular formula is C32H42N4O7. The van der Waals surface area contributed by atoms with Gasteiger partial charge < -0.3 is 35.4 Å². The maximum Gasteiger partial charge on any atom is 0.407 e. The minimum atomic E-state index is -1.44. The van der Waals surface area contributed by atoms with Gasteiger partial charge in [0.05, 0.1) is 6.54 Å². The fourth-order valence-corrected chi connectivity index (χ4v) is 5.58. The van der Waals surface area contributed by atoms with Crippen molar-refractivity contribution in [1.82, 2.24) is 20.9 Å². The highest BCUT2D eigenvalue weighted by Gasteiger charge is 2.31. The van der Waals surface area contributed by atoms with Gasteiger partial charge in [0.1, 0.15) is 18.2 Å². The highest BCUT2D eigenvalue weighted by atomic mass is 16.6. The van der Waals surface area contributed by atoms with Crippen LogP contribution in [-0.4, -0.2) is 78.1 Å². The van der Waals surface area contributed by atoms with E-state index in [0.29, 0.717) is 0 Å². The molecule has 0 saturated heterocycles. The van der Waals surface area contributed by atoms with Crippen LogP contribution in [0.1, 0.15) is 69.9 Å². The Morgan fingerprint density at radius 3 is 2.12 bits per heavy atom. The van der Waals surface area contributed by atoms with Crippen molar-refractivity contribution in [3.8, 4) is 11.1 Å². The summed E-state index contributed by atoms with van der Waals surface area (Å²) in [4.78, 5) is 51.7. The van der Waals surface area contributed by atoms with Crippen molar-refractivity contribution in [1.29, 1.82) is 0 Å². The third kappa shape index (κ3) is 8.86. The van der Waals surface area contributed by atoms with Gasteiger partial charge >= 0.3 is 24.2 Å². The Morgan fingerprint density at radius 1 is 0.930 bits per heavy atom. The monoisotopic (exact) mass is 594 g/mol. The predicted octanol–water partition coefficient (Wildman–Crippen LogP) is 4.85. The Hall–Kier alpha value is -4.28. The first-order valence-electron chi connectivity index (χ1n) is 14.9. The molecule has 11 nitrogen and oxygen atoms in total. The summed E-state index contributed by atoms with van der Waals surface area (Å²) in [6.45, 7) is 4.96. The van der Waals surface area contributed by atoms with Crippen molar-refractivity contribution in [3.05, 3.63) is 59.7 Å². The molecule has 0 radical (unpaired) electrons. The second-order valence-electron chi connectivity index (χ2n) is 12.0. The number of nitrogens with one attached hydrogen (secondary N) is 3. The lowest BCUT2D eigenvalue weighted by Gasteiger charge is -2.30. The maximum atomic E-state index is 13.2. The van der Waals surface area contributed by atoms with Gasteiger partial charge in [-0.2, -0.15) is 0 Å². The highest BCUT2D eigenvalue weighted by molar-refractivity contribution is 5.82. The van der Waals surface area contributed by atoms with Crippen molar-refractivity contribution >= 4 is 24.2 Å². The number of hydrogen-bond acceptors (Lipinski definition) is 6. The van der Waals surface area contributed by atoms with Gasteiger partial charge in [-0.3, -0.25) is 0 Å². The third-order valence-electron chi connectivity index (χ3n) is 7.61.